The fourth-order valence-corrected chi connectivity index (χ4v) is 2.03. The van der Waals surface area contributed by atoms with E-state index in [4.69, 9.17) is 16.9 Å². The first-order valence-electron chi connectivity index (χ1n) is 5.19. The van der Waals surface area contributed by atoms with E-state index in [0.29, 0.717) is 16.4 Å². The van der Waals surface area contributed by atoms with Crippen molar-refractivity contribution in [3.05, 3.63) is 51.1 Å². The Morgan fingerprint density at radius 1 is 1.39 bits per heavy atom. The van der Waals surface area contributed by atoms with Gasteiger partial charge < -0.3 is 5.32 Å². The van der Waals surface area contributed by atoms with Gasteiger partial charge in [0.05, 0.1) is 10.0 Å². The molecule has 0 bridgehead atoms. The van der Waals surface area contributed by atoms with E-state index in [0.717, 1.165) is 15.7 Å². The summed E-state index contributed by atoms with van der Waals surface area (Å²) in [5.74, 6) is 0.647. The predicted molar refractivity (Wildman–Crippen MR) is 76.1 cm³/mol. The normalized spacial score (nSPS) is 9.89. The molecule has 0 saturated heterocycles. The van der Waals surface area contributed by atoms with Gasteiger partial charge in [-0.2, -0.15) is 5.26 Å². The summed E-state index contributed by atoms with van der Waals surface area (Å²) in [7, 11) is 0. The lowest BCUT2D eigenvalue weighted by atomic mass is 10.2. The number of aromatic nitrogens is 1. The van der Waals surface area contributed by atoms with E-state index >= 15 is 0 Å². The van der Waals surface area contributed by atoms with Crippen molar-refractivity contribution < 1.29 is 0 Å². The average Bonchev–Trinajstić information content (AvgIpc) is 2.36. The monoisotopic (exact) mass is 321 g/mol. The molecule has 0 aliphatic heterocycles. The van der Waals surface area contributed by atoms with Crippen LogP contribution in [0.2, 0.25) is 5.02 Å². The van der Waals surface area contributed by atoms with E-state index in [1.54, 1.807) is 6.07 Å². The molecule has 1 heterocycles. The minimum absolute atomic E-state index is 0.509. The van der Waals surface area contributed by atoms with E-state index in [1.807, 2.05) is 31.2 Å². The van der Waals surface area contributed by atoms with Gasteiger partial charge in [0.2, 0.25) is 0 Å². The number of hydrogen-bond acceptors (Lipinski definition) is 3. The molecule has 90 valence electrons. The van der Waals surface area contributed by atoms with Crippen LogP contribution in [0.4, 0.5) is 11.5 Å². The summed E-state index contributed by atoms with van der Waals surface area (Å²) in [4.78, 5) is 4.17. The summed E-state index contributed by atoms with van der Waals surface area (Å²) in [6, 6.07) is 9.44. The zero-order valence-corrected chi connectivity index (χ0v) is 11.9. The molecular formula is C13H9BrClN3. The molecule has 0 saturated carbocycles. The molecule has 0 atom stereocenters. The van der Waals surface area contributed by atoms with Crippen molar-refractivity contribution in [2.24, 2.45) is 0 Å². The van der Waals surface area contributed by atoms with Crippen molar-refractivity contribution in [2.75, 3.05) is 5.32 Å². The summed E-state index contributed by atoms with van der Waals surface area (Å²) >= 11 is 9.42. The van der Waals surface area contributed by atoms with Crippen LogP contribution >= 0.6 is 27.5 Å². The molecule has 0 fully saturated rings. The number of benzene rings is 1. The molecular weight excluding hydrogens is 314 g/mol. The van der Waals surface area contributed by atoms with Gasteiger partial charge in [0.25, 0.3) is 0 Å². The maximum atomic E-state index is 8.76. The Bertz CT molecular complexity index is 635. The van der Waals surface area contributed by atoms with Gasteiger partial charge in [0, 0.05) is 16.9 Å². The van der Waals surface area contributed by atoms with Crippen molar-refractivity contribution in [1.29, 1.82) is 5.26 Å². The second-order valence-corrected chi connectivity index (χ2v) is 5.02. The second-order valence-electron chi connectivity index (χ2n) is 3.76. The van der Waals surface area contributed by atoms with Gasteiger partial charge in [0.15, 0.2) is 0 Å². The van der Waals surface area contributed by atoms with E-state index in [1.165, 1.54) is 6.20 Å². The smallest absolute Gasteiger partial charge is 0.144 e. The maximum absolute atomic E-state index is 8.76. The fourth-order valence-electron chi connectivity index (χ4n) is 1.40. The van der Waals surface area contributed by atoms with Crippen LogP contribution in [0.1, 0.15) is 11.1 Å². The number of halogens is 2. The summed E-state index contributed by atoms with van der Waals surface area (Å²) in [5, 5.41) is 12.6. The minimum atomic E-state index is 0.509. The maximum Gasteiger partial charge on any atom is 0.144 e. The van der Waals surface area contributed by atoms with Crippen LogP contribution in [0.5, 0.6) is 0 Å². The average molecular weight is 323 g/mol. The van der Waals surface area contributed by atoms with Crippen LogP contribution in [0, 0.1) is 18.3 Å². The molecule has 0 radical (unpaired) electrons. The molecule has 1 aromatic carbocycles. The number of aryl methyl sites for hydroxylation is 1. The molecule has 0 aliphatic rings. The van der Waals surface area contributed by atoms with Crippen molar-refractivity contribution in [1.82, 2.24) is 4.98 Å². The lowest BCUT2D eigenvalue weighted by Gasteiger charge is -2.08. The van der Waals surface area contributed by atoms with Crippen LogP contribution in [0.15, 0.2) is 34.9 Å². The van der Waals surface area contributed by atoms with Crippen LogP contribution < -0.4 is 5.32 Å². The Morgan fingerprint density at radius 3 is 2.78 bits per heavy atom. The highest BCUT2D eigenvalue weighted by Crippen LogP contribution is 2.26. The lowest BCUT2D eigenvalue weighted by molar-refractivity contribution is 1.27. The Labute approximate surface area is 119 Å². The first kappa shape index (κ1) is 12.9. The van der Waals surface area contributed by atoms with Gasteiger partial charge in [-0.3, -0.25) is 0 Å². The van der Waals surface area contributed by atoms with Gasteiger partial charge in [-0.25, -0.2) is 4.98 Å². The predicted octanol–water partition coefficient (Wildman–Crippen LogP) is 4.42. The van der Waals surface area contributed by atoms with Crippen LogP contribution in [0.3, 0.4) is 0 Å². The zero-order chi connectivity index (χ0) is 13.1. The molecule has 3 nitrogen and oxygen atoms in total. The first-order valence-corrected chi connectivity index (χ1v) is 6.36. The largest absolute Gasteiger partial charge is 0.339 e. The third-order valence-corrected chi connectivity index (χ3v) is 3.42. The zero-order valence-electron chi connectivity index (χ0n) is 9.54. The quantitative estimate of drug-likeness (QED) is 0.890. The highest BCUT2D eigenvalue weighted by Gasteiger charge is 2.04. The van der Waals surface area contributed by atoms with E-state index in [9.17, 15) is 0 Å². The third kappa shape index (κ3) is 2.81. The molecule has 2 rings (SSSR count). The van der Waals surface area contributed by atoms with Crippen molar-refractivity contribution in [3.8, 4) is 6.07 Å². The number of nitriles is 1. The molecule has 0 amide bonds. The summed E-state index contributed by atoms with van der Waals surface area (Å²) in [6.45, 7) is 1.95. The molecule has 0 aliphatic carbocycles. The van der Waals surface area contributed by atoms with E-state index in [-0.39, 0.29) is 0 Å². The van der Waals surface area contributed by atoms with Gasteiger partial charge in [-0.05, 0) is 46.6 Å². The first-order chi connectivity index (χ1) is 8.60. The molecule has 18 heavy (non-hydrogen) atoms. The number of hydrogen-bond donors (Lipinski definition) is 1. The Hall–Kier alpha value is -1.57. The summed E-state index contributed by atoms with van der Waals surface area (Å²) < 4.78 is 0.734. The topological polar surface area (TPSA) is 48.7 Å². The van der Waals surface area contributed by atoms with Crippen LogP contribution in [0.25, 0.3) is 0 Å². The molecule has 0 spiro atoms. The standard InChI is InChI=1S/C13H9BrClN3/c1-8-2-3-10(5-12(8)15)18-13-11(14)4-9(6-16)7-17-13/h2-5,7H,1H3,(H,17,18). The van der Waals surface area contributed by atoms with Gasteiger partial charge >= 0.3 is 0 Å². The molecule has 2 aromatic rings. The second kappa shape index (κ2) is 5.38. The van der Waals surface area contributed by atoms with Crippen molar-refractivity contribution >= 4 is 39.0 Å². The molecule has 1 aromatic heterocycles. The van der Waals surface area contributed by atoms with E-state index in [2.05, 4.69) is 26.2 Å². The van der Waals surface area contributed by atoms with Crippen molar-refractivity contribution in [3.63, 3.8) is 0 Å². The fraction of sp³-hybridized carbons (Fsp3) is 0.0769. The van der Waals surface area contributed by atoms with Crippen molar-refractivity contribution in [2.45, 2.75) is 6.92 Å². The number of rotatable bonds is 2. The Kier molecular flexibility index (Phi) is 3.85. The van der Waals surface area contributed by atoms with Gasteiger partial charge in [0.1, 0.15) is 11.9 Å². The Morgan fingerprint density at radius 2 is 2.17 bits per heavy atom. The van der Waals surface area contributed by atoms with Crippen LogP contribution in [-0.2, 0) is 0 Å². The van der Waals surface area contributed by atoms with Gasteiger partial charge in [-0.1, -0.05) is 17.7 Å². The number of nitrogens with zero attached hydrogens (tertiary/aromatic N) is 2. The minimum Gasteiger partial charge on any atom is -0.339 e. The summed E-state index contributed by atoms with van der Waals surface area (Å²) in [6.07, 6.45) is 1.52. The highest BCUT2D eigenvalue weighted by atomic mass is 79.9. The third-order valence-electron chi connectivity index (χ3n) is 2.40. The summed E-state index contributed by atoms with van der Waals surface area (Å²) in [5.41, 5.74) is 2.38. The lowest BCUT2D eigenvalue weighted by Crippen LogP contribution is -1.95. The van der Waals surface area contributed by atoms with Gasteiger partial charge in [-0.15, -0.1) is 0 Å². The SMILES string of the molecule is Cc1ccc(Nc2ncc(C#N)cc2Br)cc1Cl. The molecule has 0 unspecified atom stereocenters. The number of nitrogens with one attached hydrogen (secondary N) is 1. The Balaban J connectivity index is 2.29. The number of pyridine rings is 1. The highest BCUT2D eigenvalue weighted by molar-refractivity contribution is 9.10. The molecule has 5 heteroatoms. The molecule has 1 N–H and O–H groups in total. The van der Waals surface area contributed by atoms with Crippen LogP contribution in [-0.4, -0.2) is 4.98 Å². The van der Waals surface area contributed by atoms with E-state index < -0.39 is 0 Å². The number of anilines is 2.